The van der Waals surface area contributed by atoms with Gasteiger partial charge in [0.2, 0.25) is 5.91 Å². The van der Waals surface area contributed by atoms with E-state index in [9.17, 15) is 4.79 Å². The molecule has 2 heterocycles. The van der Waals surface area contributed by atoms with E-state index in [1.54, 1.807) is 7.11 Å². The fraction of sp³-hybridized carbons (Fsp3) is 0.480. The Bertz CT molecular complexity index is 860. The second-order valence-electron chi connectivity index (χ2n) is 8.68. The zero-order chi connectivity index (χ0) is 21.0. The molecule has 2 fully saturated rings. The van der Waals surface area contributed by atoms with Gasteiger partial charge in [-0.15, -0.1) is 0 Å². The minimum atomic E-state index is -0.129. The monoisotopic (exact) mass is 426 g/mol. The van der Waals surface area contributed by atoms with Crippen molar-refractivity contribution in [3.8, 4) is 5.75 Å². The number of hydrogen-bond acceptors (Lipinski definition) is 3. The van der Waals surface area contributed by atoms with Crippen molar-refractivity contribution < 1.29 is 9.53 Å². The fourth-order valence-electron chi connectivity index (χ4n) is 4.86. The van der Waals surface area contributed by atoms with Gasteiger partial charge in [-0.25, -0.2) is 0 Å². The van der Waals surface area contributed by atoms with Crippen LogP contribution in [0.2, 0.25) is 5.02 Å². The third-order valence-electron chi connectivity index (χ3n) is 6.78. The molecule has 0 aromatic heterocycles. The van der Waals surface area contributed by atoms with E-state index in [2.05, 4.69) is 34.1 Å². The average molecular weight is 427 g/mol. The number of carbonyl (C=O) groups is 1. The van der Waals surface area contributed by atoms with Crippen LogP contribution in [0.4, 0.5) is 0 Å². The number of nitrogens with zero attached hydrogens (tertiary/aromatic N) is 2. The van der Waals surface area contributed by atoms with Gasteiger partial charge in [-0.2, -0.15) is 0 Å². The first-order chi connectivity index (χ1) is 14.6. The molecule has 5 heteroatoms. The second kappa shape index (κ2) is 9.40. The lowest BCUT2D eigenvalue weighted by atomic mass is 9.77. The maximum atomic E-state index is 13.2. The summed E-state index contributed by atoms with van der Waals surface area (Å²) in [4.78, 5) is 17.8. The van der Waals surface area contributed by atoms with Crippen LogP contribution in [0, 0.1) is 5.41 Å². The first kappa shape index (κ1) is 21.2. The summed E-state index contributed by atoms with van der Waals surface area (Å²) in [5.74, 6) is 1.21. The van der Waals surface area contributed by atoms with Gasteiger partial charge in [-0.05, 0) is 87.1 Å². The lowest BCUT2D eigenvalue weighted by Crippen LogP contribution is -2.44. The summed E-state index contributed by atoms with van der Waals surface area (Å²) in [6.07, 6.45) is 5.16. The van der Waals surface area contributed by atoms with Crippen molar-refractivity contribution in [2.45, 2.75) is 38.6 Å². The Morgan fingerprint density at radius 3 is 2.43 bits per heavy atom. The van der Waals surface area contributed by atoms with Crippen LogP contribution < -0.4 is 4.74 Å². The third-order valence-corrected chi connectivity index (χ3v) is 7.01. The molecule has 30 heavy (non-hydrogen) atoms. The highest BCUT2D eigenvalue weighted by atomic mass is 35.5. The molecule has 4 nitrogen and oxygen atoms in total. The van der Waals surface area contributed by atoms with Gasteiger partial charge in [-0.1, -0.05) is 35.9 Å². The predicted molar refractivity (Wildman–Crippen MR) is 121 cm³/mol. The summed E-state index contributed by atoms with van der Waals surface area (Å²) in [7, 11) is 1.67. The highest BCUT2D eigenvalue weighted by Gasteiger charge is 2.47. The van der Waals surface area contributed by atoms with Crippen LogP contribution in [0.15, 0.2) is 48.5 Å². The number of benzene rings is 2. The molecule has 1 amide bonds. The van der Waals surface area contributed by atoms with Crippen molar-refractivity contribution in [2.75, 3.05) is 33.3 Å². The molecular formula is C25H31ClN2O2. The van der Waals surface area contributed by atoms with Crippen LogP contribution >= 0.6 is 11.6 Å². The van der Waals surface area contributed by atoms with Gasteiger partial charge in [-0.3, -0.25) is 4.79 Å². The number of hydrogen-bond donors (Lipinski definition) is 0. The summed E-state index contributed by atoms with van der Waals surface area (Å²) < 4.78 is 5.23. The molecule has 0 bridgehead atoms. The first-order valence-electron chi connectivity index (χ1n) is 11.0. The highest BCUT2D eigenvalue weighted by molar-refractivity contribution is 6.30. The summed E-state index contributed by atoms with van der Waals surface area (Å²) in [5.41, 5.74) is 2.34. The van der Waals surface area contributed by atoms with Gasteiger partial charge in [0.25, 0.3) is 0 Å². The van der Waals surface area contributed by atoms with Crippen LogP contribution in [-0.2, 0) is 17.8 Å². The Labute approximate surface area is 184 Å². The number of amides is 1. The minimum absolute atomic E-state index is 0.129. The molecule has 0 saturated carbocycles. The highest BCUT2D eigenvalue weighted by Crippen LogP contribution is 2.42. The maximum absolute atomic E-state index is 13.2. The van der Waals surface area contributed by atoms with E-state index in [0.717, 1.165) is 69.1 Å². The summed E-state index contributed by atoms with van der Waals surface area (Å²) >= 11 is 6.08. The molecule has 0 unspecified atom stereocenters. The SMILES string of the molecule is COc1ccc(CN2CCC3(CCN(CCCc4cccc(Cl)c4)CC3)C2=O)cc1. The number of aryl methyl sites for hydroxylation is 1. The number of carbonyl (C=O) groups excluding carboxylic acids is 1. The molecule has 2 saturated heterocycles. The quantitative estimate of drug-likeness (QED) is 0.637. The van der Waals surface area contributed by atoms with Gasteiger partial charge in [0.15, 0.2) is 0 Å². The Morgan fingerprint density at radius 2 is 1.73 bits per heavy atom. The molecule has 0 N–H and O–H groups in total. The lowest BCUT2D eigenvalue weighted by molar-refractivity contribution is -0.138. The summed E-state index contributed by atoms with van der Waals surface area (Å²) in [6.45, 7) is 4.72. The molecule has 0 atom stereocenters. The van der Waals surface area contributed by atoms with Crippen LogP contribution in [0.5, 0.6) is 5.75 Å². The number of ether oxygens (including phenoxy) is 1. The number of rotatable bonds is 7. The average Bonchev–Trinajstić information content (AvgIpc) is 3.05. The van der Waals surface area contributed by atoms with Gasteiger partial charge < -0.3 is 14.5 Å². The third kappa shape index (κ3) is 4.81. The molecular weight excluding hydrogens is 396 g/mol. The first-order valence-corrected chi connectivity index (χ1v) is 11.3. The number of halogens is 1. The molecule has 1 spiro atoms. The molecule has 2 aromatic rings. The standard InChI is InChI=1S/C25H31ClN2O2/c1-30-23-9-7-21(8-10-23)19-28-17-13-25(24(28)29)11-15-27(16-12-25)14-3-5-20-4-2-6-22(26)18-20/h2,4,6-10,18H,3,5,11-17,19H2,1H3. The van der Waals surface area contributed by atoms with Gasteiger partial charge in [0.05, 0.1) is 12.5 Å². The van der Waals surface area contributed by atoms with Crippen molar-refractivity contribution in [2.24, 2.45) is 5.41 Å². The van der Waals surface area contributed by atoms with E-state index in [1.807, 2.05) is 24.3 Å². The minimum Gasteiger partial charge on any atom is -0.497 e. The Morgan fingerprint density at radius 1 is 1.00 bits per heavy atom. The van der Waals surface area contributed by atoms with Crippen molar-refractivity contribution in [3.05, 3.63) is 64.7 Å². The van der Waals surface area contributed by atoms with E-state index in [4.69, 9.17) is 16.3 Å². The number of methoxy groups -OCH3 is 1. The summed E-state index contributed by atoms with van der Waals surface area (Å²) in [5, 5.41) is 0.811. The van der Waals surface area contributed by atoms with Crippen LogP contribution in [0.3, 0.4) is 0 Å². The lowest BCUT2D eigenvalue weighted by Gasteiger charge is -2.38. The number of piperidine rings is 1. The molecule has 2 aliphatic heterocycles. The van der Waals surface area contributed by atoms with Crippen molar-refractivity contribution in [3.63, 3.8) is 0 Å². The Kier molecular flexibility index (Phi) is 6.64. The van der Waals surface area contributed by atoms with Crippen molar-refractivity contribution in [1.29, 1.82) is 0 Å². The van der Waals surface area contributed by atoms with Crippen molar-refractivity contribution >= 4 is 17.5 Å². The van der Waals surface area contributed by atoms with Crippen LogP contribution in [0.25, 0.3) is 0 Å². The molecule has 0 aliphatic carbocycles. The molecule has 160 valence electrons. The van der Waals surface area contributed by atoms with Crippen LogP contribution in [-0.4, -0.2) is 49.0 Å². The predicted octanol–water partition coefficient (Wildman–Crippen LogP) is 4.80. The zero-order valence-electron chi connectivity index (χ0n) is 17.8. The smallest absolute Gasteiger partial charge is 0.229 e. The van der Waals surface area contributed by atoms with Gasteiger partial charge in [0, 0.05) is 18.1 Å². The molecule has 4 rings (SSSR count). The van der Waals surface area contributed by atoms with E-state index < -0.39 is 0 Å². The van der Waals surface area contributed by atoms with E-state index >= 15 is 0 Å². The largest absolute Gasteiger partial charge is 0.497 e. The molecule has 2 aromatic carbocycles. The zero-order valence-corrected chi connectivity index (χ0v) is 18.5. The van der Waals surface area contributed by atoms with E-state index in [1.165, 1.54) is 11.1 Å². The normalized spacial score (nSPS) is 18.9. The second-order valence-corrected chi connectivity index (χ2v) is 9.12. The maximum Gasteiger partial charge on any atom is 0.229 e. The van der Waals surface area contributed by atoms with Crippen LogP contribution in [0.1, 0.15) is 36.8 Å². The Balaban J connectivity index is 1.25. The van der Waals surface area contributed by atoms with E-state index in [0.29, 0.717) is 12.5 Å². The van der Waals surface area contributed by atoms with Gasteiger partial charge >= 0.3 is 0 Å². The van der Waals surface area contributed by atoms with Crippen molar-refractivity contribution in [1.82, 2.24) is 9.80 Å². The Hall–Kier alpha value is -2.04. The fourth-order valence-corrected chi connectivity index (χ4v) is 5.08. The van der Waals surface area contributed by atoms with Gasteiger partial charge in [0.1, 0.15) is 5.75 Å². The topological polar surface area (TPSA) is 32.8 Å². The summed E-state index contributed by atoms with van der Waals surface area (Å²) in [6, 6.07) is 16.2. The number of likely N-dealkylation sites (tertiary alicyclic amines) is 2. The van der Waals surface area contributed by atoms with E-state index in [-0.39, 0.29) is 5.41 Å². The molecule has 0 radical (unpaired) electrons. The molecule has 2 aliphatic rings.